The van der Waals surface area contributed by atoms with E-state index in [1.807, 2.05) is 18.2 Å². The van der Waals surface area contributed by atoms with Crippen molar-refractivity contribution in [3.63, 3.8) is 0 Å². The molecule has 20 heavy (non-hydrogen) atoms. The first kappa shape index (κ1) is 13.1. The number of benzene rings is 2. The van der Waals surface area contributed by atoms with E-state index in [2.05, 4.69) is 0 Å². The van der Waals surface area contributed by atoms with E-state index in [1.54, 1.807) is 18.2 Å². The van der Waals surface area contributed by atoms with Crippen molar-refractivity contribution in [3.05, 3.63) is 64.9 Å². The minimum atomic E-state index is -0.654. The van der Waals surface area contributed by atoms with Crippen molar-refractivity contribution in [2.45, 2.75) is 12.1 Å². The standard InChI is InChI=1S/C15H12ClFN2O/c16-12-7-2-1-6-11(12)14-13(18)15(20)19(14)10-5-3-4-9(17)8-10/h1-8,13-14H,18H2/t13-,14-/m0/s1. The van der Waals surface area contributed by atoms with E-state index in [1.165, 1.54) is 17.0 Å². The lowest BCUT2D eigenvalue weighted by atomic mass is 9.88. The smallest absolute Gasteiger partial charge is 0.247 e. The summed E-state index contributed by atoms with van der Waals surface area (Å²) in [5.74, 6) is -0.630. The number of hydrogen-bond acceptors (Lipinski definition) is 2. The molecule has 5 heteroatoms. The van der Waals surface area contributed by atoms with Gasteiger partial charge in [-0.25, -0.2) is 4.39 Å². The Kier molecular flexibility index (Phi) is 3.20. The average Bonchev–Trinajstić information content (AvgIpc) is 2.45. The average molecular weight is 291 g/mol. The number of nitrogens with two attached hydrogens (primary N) is 1. The molecule has 3 rings (SSSR count). The van der Waals surface area contributed by atoms with Gasteiger partial charge in [0.25, 0.3) is 0 Å². The highest BCUT2D eigenvalue weighted by molar-refractivity contribution is 6.31. The van der Waals surface area contributed by atoms with Crippen LogP contribution in [-0.4, -0.2) is 11.9 Å². The van der Waals surface area contributed by atoms with E-state index in [4.69, 9.17) is 17.3 Å². The summed E-state index contributed by atoms with van der Waals surface area (Å²) >= 11 is 6.16. The first-order chi connectivity index (χ1) is 9.59. The monoisotopic (exact) mass is 290 g/mol. The molecule has 1 aliphatic rings. The molecular formula is C15H12ClFN2O. The van der Waals surface area contributed by atoms with Crippen LogP contribution in [0.2, 0.25) is 5.02 Å². The van der Waals surface area contributed by atoms with Gasteiger partial charge in [-0.3, -0.25) is 4.79 Å². The maximum atomic E-state index is 13.3. The lowest BCUT2D eigenvalue weighted by molar-refractivity contribution is -0.126. The Morgan fingerprint density at radius 3 is 2.60 bits per heavy atom. The van der Waals surface area contributed by atoms with Crippen LogP contribution in [0.25, 0.3) is 0 Å². The minimum Gasteiger partial charge on any atom is -0.318 e. The van der Waals surface area contributed by atoms with Crippen molar-refractivity contribution in [2.75, 3.05) is 4.90 Å². The van der Waals surface area contributed by atoms with Crippen molar-refractivity contribution >= 4 is 23.2 Å². The Hall–Kier alpha value is -1.91. The van der Waals surface area contributed by atoms with Gasteiger partial charge in [-0.15, -0.1) is 0 Å². The number of anilines is 1. The molecule has 0 bridgehead atoms. The molecule has 2 aromatic carbocycles. The number of nitrogens with zero attached hydrogens (tertiary/aromatic N) is 1. The van der Waals surface area contributed by atoms with E-state index >= 15 is 0 Å². The van der Waals surface area contributed by atoms with Crippen molar-refractivity contribution in [1.82, 2.24) is 0 Å². The third-order valence-corrected chi connectivity index (χ3v) is 3.80. The molecule has 1 aliphatic heterocycles. The number of amides is 1. The molecule has 0 aromatic heterocycles. The Morgan fingerprint density at radius 1 is 1.15 bits per heavy atom. The van der Waals surface area contributed by atoms with Crippen LogP contribution in [0.5, 0.6) is 0 Å². The second-order valence-corrected chi connectivity index (χ2v) is 5.09. The Balaban J connectivity index is 2.02. The summed E-state index contributed by atoms with van der Waals surface area (Å²) in [5.41, 5.74) is 7.15. The van der Waals surface area contributed by atoms with Crippen LogP contribution in [-0.2, 0) is 4.79 Å². The van der Waals surface area contributed by atoms with Gasteiger partial charge < -0.3 is 10.6 Å². The van der Waals surface area contributed by atoms with Crippen molar-refractivity contribution < 1.29 is 9.18 Å². The van der Waals surface area contributed by atoms with Gasteiger partial charge in [0.1, 0.15) is 11.9 Å². The molecule has 3 nitrogen and oxygen atoms in total. The molecule has 1 saturated heterocycles. The van der Waals surface area contributed by atoms with Gasteiger partial charge in [-0.05, 0) is 29.8 Å². The summed E-state index contributed by atoms with van der Waals surface area (Å²) in [6, 6.07) is 12.1. The summed E-state index contributed by atoms with van der Waals surface area (Å²) < 4.78 is 13.3. The van der Waals surface area contributed by atoms with Crippen LogP contribution < -0.4 is 10.6 Å². The first-order valence-corrected chi connectivity index (χ1v) is 6.56. The molecule has 0 unspecified atom stereocenters. The van der Waals surface area contributed by atoms with Gasteiger partial charge in [0, 0.05) is 10.7 Å². The largest absolute Gasteiger partial charge is 0.318 e. The number of rotatable bonds is 2. The van der Waals surface area contributed by atoms with Gasteiger partial charge >= 0.3 is 0 Å². The lowest BCUT2D eigenvalue weighted by Crippen LogP contribution is -2.63. The van der Waals surface area contributed by atoms with Crippen molar-refractivity contribution in [1.29, 1.82) is 0 Å². The summed E-state index contributed by atoms with van der Waals surface area (Å²) in [4.78, 5) is 13.5. The number of β-lactam (4-membered cyclic amide) rings is 1. The molecule has 0 radical (unpaired) electrons. The highest BCUT2D eigenvalue weighted by Crippen LogP contribution is 2.40. The highest BCUT2D eigenvalue weighted by atomic mass is 35.5. The lowest BCUT2D eigenvalue weighted by Gasteiger charge is -2.45. The van der Waals surface area contributed by atoms with Gasteiger partial charge in [0.2, 0.25) is 5.91 Å². The highest BCUT2D eigenvalue weighted by Gasteiger charge is 2.47. The summed E-state index contributed by atoms with van der Waals surface area (Å²) in [7, 11) is 0. The molecule has 1 amide bonds. The fourth-order valence-corrected chi connectivity index (χ4v) is 2.72. The molecular weight excluding hydrogens is 279 g/mol. The molecule has 0 saturated carbocycles. The second-order valence-electron chi connectivity index (χ2n) is 4.68. The second kappa shape index (κ2) is 4.89. The Morgan fingerprint density at radius 2 is 1.90 bits per heavy atom. The minimum absolute atomic E-state index is 0.236. The number of halogens is 2. The Labute approximate surface area is 120 Å². The van der Waals surface area contributed by atoms with E-state index < -0.39 is 11.9 Å². The molecule has 0 aliphatic carbocycles. The van der Waals surface area contributed by atoms with Gasteiger partial charge in [0.05, 0.1) is 6.04 Å². The predicted molar refractivity (Wildman–Crippen MR) is 76.1 cm³/mol. The maximum absolute atomic E-state index is 13.3. The summed E-state index contributed by atoms with van der Waals surface area (Å²) in [6.07, 6.45) is 0. The van der Waals surface area contributed by atoms with Crippen LogP contribution in [0, 0.1) is 5.82 Å². The topological polar surface area (TPSA) is 46.3 Å². The van der Waals surface area contributed by atoms with E-state index in [9.17, 15) is 9.18 Å². The third-order valence-electron chi connectivity index (χ3n) is 3.45. The summed E-state index contributed by atoms with van der Waals surface area (Å²) in [6.45, 7) is 0. The fraction of sp³-hybridized carbons (Fsp3) is 0.133. The van der Waals surface area contributed by atoms with Gasteiger partial charge in [0.15, 0.2) is 0 Å². The number of carbonyl (C=O) groups excluding carboxylic acids is 1. The maximum Gasteiger partial charge on any atom is 0.247 e. The number of carbonyl (C=O) groups is 1. The molecule has 1 heterocycles. The van der Waals surface area contributed by atoms with Crippen molar-refractivity contribution in [3.8, 4) is 0 Å². The molecule has 1 fully saturated rings. The van der Waals surface area contributed by atoms with Crippen LogP contribution in [0.15, 0.2) is 48.5 Å². The van der Waals surface area contributed by atoms with E-state index in [0.29, 0.717) is 10.7 Å². The van der Waals surface area contributed by atoms with E-state index in [0.717, 1.165) is 5.56 Å². The zero-order valence-electron chi connectivity index (χ0n) is 10.5. The quantitative estimate of drug-likeness (QED) is 0.865. The van der Waals surface area contributed by atoms with Gasteiger partial charge in [-0.1, -0.05) is 35.9 Å². The normalized spacial score (nSPS) is 21.8. The zero-order valence-corrected chi connectivity index (χ0v) is 11.2. The van der Waals surface area contributed by atoms with Crippen LogP contribution in [0.4, 0.5) is 10.1 Å². The molecule has 2 atom stereocenters. The molecule has 0 spiro atoms. The SMILES string of the molecule is N[C@@H]1C(=O)N(c2cccc(F)c2)[C@H]1c1ccccc1Cl. The Bertz CT molecular complexity index is 676. The molecule has 2 aromatic rings. The zero-order chi connectivity index (χ0) is 14.3. The first-order valence-electron chi connectivity index (χ1n) is 6.18. The van der Waals surface area contributed by atoms with Crippen LogP contribution in [0.3, 0.4) is 0 Å². The predicted octanol–water partition coefficient (Wildman–Crippen LogP) is 2.89. The van der Waals surface area contributed by atoms with Crippen molar-refractivity contribution in [2.24, 2.45) is 5.73 Å². The fourth-order valence-electron chi connectivity index (χ4n) is 2.47. The number of hydrogen-bond donors (Lipinski definition) is 1. The van der Waals surface area contributed by atoms with Crippen LogP contribution >= 0.6 is 11.6 Å². The third kappa shape index (κ3) is 1.97. The van der Waals surface area contributed by atoms with Gasteiger partial charge in [-0.2, -0.15) is 0 Å². The summed E-state index contributed by atoms with van der Waals surface area (Å²) in [5, 5.41) is 0.543. The molecule has 2 N–H and O–H groups in total. The molecule has 102 valence electrons. The van der Waals surface area contributed by atoms with Crippen LogP contribution in [0.1, 0.15) is 11.6 Å². The van der Waals surface area contributed by atoms with E-state index in [-0.39, 0.29) is 11.9 Å².